The average Bonchev–Trinajstić information content (AvgIpc) is 2.45. The summed E-state index contributed by atoms with van der Waals surface area (Å²) in [6.45, 7) is 11.1. The summed E-state index contributed by atoms with van der Waals surface area (Å²) in [4.78, 5) is 2.45. The van der Waals surface area contributed by atoms with Gasteiger partial charge < -0.3 is 15.0 Å². The minimum atomic E-state index is 0.540. The Morgan fingerprint density at radius 1 is 1.16 bits per heavy atom. The van der Waals surface area contributed by atoms with Crippen molar-refractivity contribution >= 4 is 0 Å². The van der Waals surface area contributed by atoms with Crippen LogP contribution in [0.4, 0.5) is 0 Å². The Hall–Kier alpha value is -1.06. The summed E-state index contributed by atoms with van der Waals surface area (Å²) in [5.41, 5.74) is 1.35. The van der Waals surface area contributed by atoms with E-state index in [1.165, 1.54) is 5.56 Å². The summed E-state index contributed by atoms with van der Waals surface area (Å²) in [6.07, 6.45) is 1.06. The Bertz CT molecular complexity index is 333. The first-order valence-electron chi connectivity index (χ1n) is 7.28. The highest BCUT2D eigenvalue weighted by Crippen LogP contribution is 2.11. The number of likely N-dealkylation sites (N-methyl/N-ethyl adjacent to an activating group) is 1. The highest BCUT2D eigenvalue weighted by atomic mass is 16.5. The molecular formula is C16H28N2O. The van der Waals surface area contributed by atoms with Gasteiger partial charge in [0.05, 0.1) is 7.11 Å². The lowest BCUT2D eigenvalue weighted by Crippen LogP contribution is -2.39. The van der Waals surface area contributed by atoms with Gasteiger partial charge in [0.25, 0.3) is 0 Å². The van der Waals surface area contributed by atoms with Crippen LogP contribution in [-0.2, 0) is 6.42 Å². The van der Waals surface area contributed by atoms with Crippen molar-refractivity contribution < 1.29 is 4.74 Å². The van der Waals surface area contributed by atoms with E-state index in [1.807, 2.05) is 12.1 Å². The van der Waals surface area contributed by atoms with Gasteiger partial charge in [-0.2, -0.15) is 0 Å². The summed E-state index contributed by atoms with van der Waals surface area (Å²) < 4.78 is 5.16. The molecule has 0 saturated heterocycles. The van der Waals surface area contributed by atoms with Crippen molar-refractivity contribution in [3.05, 3.63) is 29.8 Å². The third-order valence-corrected chi connectivity index (χ3v) is 3.49. The van der Waals surface area contributed by atoms with E-state index in [4.69, 9.17) is 4.74 Å². The molecule has 0 heterocycles. The molecule has 0 aliphatic rings. The Morgan fingerprint density at radius 2 is 1.79 bits per heavy atom. The van der Waals surface area contributed by atoms with Crippen molar-refractivity contribution in [3.63, 3.8) is 0 Å². The predicted molar refractivity (Wildman–Crippen MR) is 82.0 cm³/mol. The van der Waals surface area contributed by atoms with Crippen LogP contribution in [0.5, 0.6) is 5.75 Å². The largest absolute Gasteiger partial charge is 0.497 e. The Morgan fingerprint density at radius 3 is 2.32 bits per heavy atom. The lowest BCUT2D eigenvalue weighted by molar-refractivity contribution is 0.272. The molecule has 1 atom stereocenters. The van der Waals surface area contributed by atoms with E-state index in [1.54, 1.807) is 7.11 Å². The van der Waals surface area contributed by atoms with Crippen molar-refractivity contribution in [2.75, 3.05) is 33.3 Å². The van der Waals surface area contributed by atoms with Gasteiger partial charge in [-0.15, -0.1) is 0 Å². The van der Waals surface area contributed by atoms with E-state index in [-0.39, 0.29) is 0 Å². The van der Waals surface area contributed by atoms with Crippen molar-refractivity contribution in [2.45, 2.75) is 33.2 Å². The Labute approximate surface area is 118 Å². The van der Waals surface area contributed by atoms with E-state index in [0.29, 0.717) is 6.04 Å². The standard InChI is InChI=1S/C16H28N2O/c1-5-18(6-2)13-14(3)17-12-11-15-7-9-16(19-4)10-8-15/h7-10,14,17H,5-6,11-13H2,1-4H3. The molecule has 0 spiro atoms. The SMILES string of the molecule is CCN(CC)CC(C)NCCc1ccc(OC)cc1. The van der Waals surface area contributed by atoms with Crippen LogP contribution in [0, 0.1) is 0 Å². The molecule has 3 heteroatoms. The molecule has 3 nitrogen and oxygen atoms in total. The van der Waals surface area contributed by atoms with Crippen LogP contribution in [0.2, 0.25) is 0 Å². The quantitative estimate of drug-likeness (QED) is 0.742. The molecule has 0 amide bonds. The maximum atomic E-state index is 5.16. The Balaban J connectivity index is 2.25. The zero-order chi connectivity index (χ0) is 14.1. The Kier molecular flexibility index (Phi) is 7.53. The van der Waals surface area contributed by atoms with Crippen molar-refractivity contribution in [2.24, 2.45) is 0 Å². The van der Waals surface area contributed by atoms with Gasteiger partial charge in [0.1, 0.15) is 5.75 Å². The summed E-state index contributed by atoms with van der Waals surface area (Å²) in [7, 11) is 1.70. The van der Waals surface area contributed by atoms with Crippen LogP contribution < -0.4 is 10.1 Å². The molecule has 0 saturated carbocycles. The second-order valence-electron chi connectivity index (χ2n) is 4.94. The van der Waals surface area contributed by atoms with E-state index >= 15 is 0 Å². The number of hydrogen-bond acceptors (Lipinski definition) is 3. The highest BCUT2D eigenvalue weighted by molar-refractivity contribution is 5.27. The molecule has 1 aromatic rings. The first-order chi connectivity index (χ1) is 9.19. The molecule has 0 aliphatic carbocycles. The molecule has 0 aliphatic heterocycles. The molecule has 0 fully saturated rings. The number of hydrogen-bond donors (Lipinski definition) is 1. The van der Waals surface area contributed by atoms with Crippen LogP contribution in [0.15, 0.2) is 24.3 Å². The molecule has 1 N–H and O–H groups in total. The summed E-state index contributed by atoms with van der Waals surface area (Å²) in [6, 6.07) is 8.85. The molecule has 1 unspecified atom stereocenters. The van der Waals surface area contributed by atoms with Gasteiger partial charge in [0.15, 0.2) is 0 Å². The molecule has 19 heavy (non-hydrogen) atoms. The van der Waals surface area contributed by atoms with Gasteiger partial charge in [-0.25, -0.2) is 0 Å². The van der Waals surface area contributed by atoms with Gasteiger partial charge in [-0.1, -0.05) is 26.0 Å². The second-order valence-corrected chi connectivity index (χ2v) is 4.94. The maximum Gasteiger partial charge on any atom is 0.118 e. The zero-order valence-corrected chi connectivity index (χ0v) is 12.8. The number of rotatable bonds is 9. The van der Waals surface area contributed by atoms with E-state index in [0.717, 1.165) is 38.3 Å². The zero-order valence-electron chi connectivity index (χ0n) is 12.8. The summed E-state index contributed by atoms with van der Waals surface area (Å²) in [5, 5.41) is 3.59. The van der Waals surface area contributed by atoms with Gasteiger partial charge in [0, 0.05) is 12.6 Å². The van der Waals surface area contributed by atoms with E-state index in [9.17, 15) is 0 Å². The third kappa shape index (κ3) is 6.08. The number of ether oxygens (including phenoxy) is 1. The fourth-order valence-corrected chi connectivity index (χ4v) is 2.19. The van der Waals surface area contributed by atoms with E-state index in [2.05, 4.69) is 43.1 Å². The molecule has 1 aromatic carbocycles. The van der Waals surface area contributed by atoms with Crippen LogP contribution in [0.25, 0.3) is 0 Å². The summed E-state index contributed by atoms with van der Waals surface area (Å²) in [5.74, 6) is 0.923. The fraction of sp³-hybridized carbons (Fsp3) is 0.625. The molecule has 0 bridgehead atoms. The molecule has 1 rings (SSSR count). The van der Waals surface area contributed by atoms with Gasteiger partial charge in [0.2, 0.25) is 0 Å². The smallest absolute Gasteiger partial charge is 0.118 e. The number of benzene rings is 1. The first-order valence-corrected chi connectivity index (χ1v) is 7.28. The lowest BCUT2D eigenvalue weighted by Gasteiger charge is -2.23. The van der Waals surface area contributed by atoms with Gasteiger partial charge >= 0.3 is 0 Å². The number of nitrogens with zero attached hydrogens (tertiary/aromatic N) is 1. The van der Waals surface area contributed by atoms with Crippen molar-refractivity contribution in [1.29, 1.82) is 0 Å². The van der Waals surface area contributed by atoms with Crippen LogP contribution >= 0.6 is 0 Å². The second kappa shape index (κ2) is 8.94. The molecule has 0 radical (unpaired) electrons. The van der Waals surface area contributed by atoms with Gasteiger partial charge in [-0.05, 0) is 50.7 Å². The topological polar surface area (TPSA) is 24.5 Å². The summed E-state index contributed by atoms with van der Waals surface area (Å²) >= 11 is 0. The molecule has 108 valence electrons. The molecule has 0 aromatic heterocycles. The highest BCUT2D eigenvalue weighted by Gasteiger charge is 2.06. The van der Waals surface area contributed by atoms with Crippen LogP contribution in [-0.4, -0.2) is 44.2 Å². The number of methoxy groups -OCH3 is 1. The van der Waals surface area contributed by atoms with E-state index < -0.39 is 0 Å². The predicted octanol–water partition coefficient (Wildman–Crippen LogP) is 2.56. The maximum absolute atomic E-state index is 5.16. The van der Waals surface area contributed by atoms with Crippen LogP contribution in [0.1, 0.15) is 26.3 Å². The van der Waals surface area contributed by atoms with Gasteiger partial charge in [-0.3, -0.25) is 0 Å². The number of nitrogens with one attached hydrogen (secondary N) is 1. The monoisotopic (exact) mass is 264 g/mol. The van der Waals surface area contributed by atoms with Crippen molar-refractivity contribution in [3.8, 4) is 5.75 Å². The van der Waals surface area contributed by atoms with Crippen LogP contribution in [0.3, 0.4) is 0 Å². The average molecular weight is 264 g/mol. The lowest BCUT2D eigenvalue weighted by atomic mass is 10.1. The minimum absolute atomic E-state index is 0.540. The fourth-order valence-electron chi connectivity index (χ4n) is 2.19. The normalized spacial score (nSPS) is 12.7. The first kappa shape index (κ1) is 16.0. The minimum Gasteiger partial charge on any atom is -0.497 e. The molecular weight excluding hydrogens is 236 g/mol. The third-order valence-electron chi connectivity index (χ3n) is 3.49. The van der Waals surface area contributed by atoms with Crippen molar-refractivity contribution in [1.82, 2.24) is 10.2 Å².